The van der Waals surface area contributed by atoms with E-state index in [1.807, 2.05) is 4.90 Å². The van der Waals surface area contributed by atoms with Gasteiger partial charge in [-0.3, -0.25) is 9.59 Å². The quantitative estimate of drug-likeness (QED) is 0.886. The molecule has 8 nitrogen and oxygen atoms in total. The average Bonchev–Trinajstić information content (AvgIpc) is 3.07. The van der Waals surface area contributed by atoms with E-state index in [9.17, 15) is 9.59 Å². The van der Waals surface area contributed by atoms with Crippen molar-refractivity contribution in [2.24, 2.45) is 0 Å². The zero-order chi connectivity index (χ0) is 16.9. The number of hydrogen-bond acceptors (Lipinski definition) is 6. The van der Waals surface area contributed by atoms with Crippen LogP contribution in [0, 0.1) is 0 Å². The van der Waals surface area contributed by atoms with Gasteiger partial charge in [0.05, 0.1) is 13.2 Å². The first-order valence-electron chi connectivity index (χ1n) is 7.60. The number of hydrogen-bond donors (Lipinski definition) is 2. The van der Waals surface area contributed by atoms with Gasteiger partial charge in [0.25, 0.3) is 5.91 Å². The molecule has 0 atom stereocenters. The summed E-state index contributed by atoms with van der Waals surface area (Å²) in [6.07, 6.45) is 0. The van der Waals surface area contributed by atoms with E-state index in [1.54, 1.807) is 30.3 Å². The van der Waals surface area contributed by atoms with E-state index < -0.39 is 0 Å². The van der Waals surface area contributed by atoms with Gasteiger partial charge in [-0.1, -0.05) is 5.16 Å². The van der Waals surface area contributed by atoms with Gasteiger partial charge in [0, 0.05) is 37.5 Å². The van der Waals surface area contributed by atoms with E-state index in [0.29, 0.717) is 43.6 Å². The van der Waals surface area contributed by atoms with Crippen molar-refractivity contribution in [3.8, 4) is 0 Å². The van der Waals surface area contributed by atoms with Crippen LogP contribution in [0.3, 0.4) is 0 Å². The van der Waals surface area contributed by atoms with Crippen molar-refractivity contribution in [2.75, 3.05) is 41.8 Å². The Morgan fingerprint density at radius 3 is 2.33 bits per heavy atom. The van der Waals surface area contributed by atoms with Crippen molar-refractivity contribution >= 4 is 29.1 Å². The van der Waals surface area contributed by atoms with Crippen LogP contribution in [-0.2, 0) is 9.53 Å². The van der Waals surface area contributed by atoms with Gasteiger partial charge in [0.2, 0.25) is 11.8 Å². The Kier molecular flexibility index (Phi) is 4.76. The van der Waals surface area contributed by atoms with Crippen LogP contribution in [0.5, 0.6) is 0 Å². The van der Waals surface area contributed by atoms with Gasteiger partial charge in [-0.2, -0.15) is 0 Å². The van der Waals surface area contributed by atoms with Crippen LogP contribution in [0.15, 0.2) is 34.9 Å². The van der Waals surface area contributed by atoms with Crippen molar-refractivity contribution in [3.63, 3.8) is 0 Å². The Labute approximate surface area is 138 Å². The van der Waals surface area contributed by atoms with Crippen molar-refractivity contribution in [3.05, 3.63) is 36.0 Å². The molecule has 0 radical (unpaired) electrons. The zero-order valence-corrected chi connectivity index (χ0v) is 13.2. The number of carbonyl (C=O) groups is 2. The van der Waals surface area contributed by atoms with Gasteiger partial charge >= 0.3 is 0 Å². The lowest BCUT2D eigenvalue weighted by Gasteiger charge is -2.25. The summed E-state index contributed by atoms with van der Waals surface area (Å²) in [5.41, 5.74) is 1.48. The maximum Gasteiger partial charge on any atom is 0.277 e. The smallest absolute Gasteiger partial charge is 0.277 e. The maximum atomic E-state index is 12.2. The third-order valence-electron chi connectivity index (χ3n) is 3.52. The van der Waals surface area contributed by atoms with Crippen LogP contribution in [0.1, 0.15) is 17.4 Å². The minimum absolute atomic E-state index is 0.148. The Morgan fingerprint density at radius 1 is 1.08 bits per heavy atom. The Bertz CT molecular complexity index is 720. The summed E-state index contributed by atoms with van der Waals surface area (Å²) in [7, 11) is 0. The Balaban J connectivity index is 1.62. The van der Waals surface area contributed by atoms with Crippen LogP contribution in [0.25, 0.3) is 0 Å². The molecular formula is C16H18N4O4. The number of aromatic nitrogens is 1. The molecule has 0 unspecified atom stereocenters. The largest absolute Gasteiger partial charge is 0.378 e. The molecule has 8 heteroatoms. The minimum atomic E-state index is -0.356. The molecule has 1 aliphatic rings. The molecule has 1 fully saturated rings. The summed E-state index contributed by atoms with van der Waals surface area (Å²) in [4.78, 5) is 25.2. The van der Waals surface area contributed by atoms with Crippen LogP contribution in [0.4, 0.5) is 17.3 Å². The molecule has 1 aromatic carbocycles. The molecule has 24 heavy (non-hydrogen) atoms. The first kappa shape index (κ1) is 16.0. The lowest BCUT2D eigenvalue weighted by atomic mass is 10.2. The fourth-order valence-corrected chi connectivity index (χ4v) is 2.34. The lowest BCUT2D eigenvalue weighted by Crippen LogP contribution is -2.35. The summed E-state index contributed by atoms with van der Waals surface area (Å²) in [6, 6.07) is 8.43. The number of ether oxygens (including phenoxy) is 1. The van der Waals surface area contributed by atoms with Crippen LogP contribution >= 0.6 is 0 Å². The molecule has 2 heterocycles. The predicted molar refractivity (Wildman–Crippen MR) is 88.2 cm³/mol. The molecule has 2 N–H and O–H groups in total. The number of benzene rings is 1. The molecule has 3 rings (SSSR count). The van der Waals surface area contributed by atoms with Gasteiger partial charge in [-0.25, -0.2) is 0 Å². The average molecular weight is 330 g/mol. The number of rotatable bonds is 4. The number of carbonyl (C=O) groups excluding carboxylic acids is 2. The van der Waals surface area contributed by atoms with Crippen molar-refractivity contribution < 1.29 is 18.8 Å². The molecule has 0 aliphatic carbocycles. The molecule has 0 bridgehead atoms. The van der Waals surface area contributed by atoms with Crippen molar-refractivity contribution in [1.29, 1.82) is 0 Å². The second-order valence-electron chi connectivity index (χ2n) is 5.36. The molecule has 1 saturated heterocycles. The summed E-state index contributed by atoms with van der Waals surface area (Å²) in [5, 5.41) is 9.22. The van der Waals surface area contributed by atoms with Gasteiger partial charge in [0.15, 0.2) is 5.69 Å². The van der Waals surface area contributed by atoms with Crippen LogP contribution < -0.4 is 15.5 Å². The third-order valence-corrected chi connectivity index (χ3v) is 3.52. The third kappa shape index (κ3) is 3.90. The molecule has 2 amide bonds. The fourth-order valence-electron chi connectivity index (χ4n) is 2.34. The van der Waals surface area contributed by atoms with E-state index in [4.69, 9.17) is 9.26 Å². The first-order valence-corrected chi connectivity index (χ1v) is 7.60. The maximum absolute atomic E-state index is 12.2. The van der Waals surface area contributed by atoms with Gasteiger partial charge in [-0.15, -0.1) is 0 Å². The lowest BCUT2D eigenvalue weighted by molar-refractivity contribution is -0.114. The normalized spacial score (nSPS) is 14.3. The number of nitrogens with zero attached hydrogens (tertiary/aromatic N) is 2. The van der Waals surface area contributed by atoms with E-state index >= 15 is 0 Å². The van der Waals surface area contributed by atoms with Crippen molar-refractivity contribution in [1.82, 2.24) is 5.16 Å². The second kappa shape index (κ2) is 7.14. The summed E-state index contributed by atoms with van der Waals surface area (Å²) in [6.45, 7) is 4.11. The van der Waals surface area contributed by atoms with Gasteiger partial charge in [-0.05, 0) is 24.3 Å². The van der Waals surface area contributed by atoms with Crippen LogP contribution in [-0.4, -0.2) is 43.3 Å². The predicted octanol–water partition coefficient (Wildman–Crippen LogP) is 1.72. The number of morpholine rings is 1. The molecule has 2 aromatic rings. The highest BCUT2D eigenvalue weighted by molar-refractivity contribution is 6.03. The SMILES string of the molecule is CC(=O)Nc1ccc(NC(=O)c2cc(N3CCOCC3)on2)cc1. The highest BCUT2D eigenvalue weighted by Crippen LogP contribution is 2.19. The monoisotopic (exact) mass is 330 g/mol. The van der Waals surface area contributed by atoms with Gasteiger partial charge in [0.1, 0.15) is 0 Å². The van der Waals surface area contributed by atoms with E-state index in [2.05, 4.69) is 15.8 Å². The molecule has 126 valence electrons. The minimum Gasteiger partial charge on any atom is -0.378 e. The summed E-state index contributed by atoms with van der Waals surface area (Å²) < 4.78 is 10.5. The molecule has 0 saturated carbocycles. The standard InChI is InChI=1S/C16H18N4O4/c1-11(21)17-12-2-4-13(5-3-12)18-16(22)14-10-15(24-19-14)20-6-8-23-9-7-20/h2-5,10H,6-9H2,1H3,(H,17,21)(H,18,22). The zero-order valence-electron chi connectivity index (χ0n) is 13.2. The summed E-state index contributed by atoms with van der Waals surface area (Å²) in [5.74, 6) is 0.0556. The molecular weight excluding hydrogens is 312 g/mol. The second-order valence-corrected chi connectivity index (χ2v) is 5.36. The molecule has 1 aliphatic heterocycles. The Hall–Kier alpha value is -2.87. The Morgan fingerprint density at radius 2 is 1.71 bits per heavy atom. The number of anilines is 3. The first-order chi connectivity index (χ1) is 11.6. The van der Waals surface area contributed by atoms with E-state index in [0.717, 1.165) is 0 Å². The molecule has 1 aromatic heterocycles. The summed E-state index contributed by atoms with van der Waals surface area (Å²) >= 11 is 0. The van der Waals surface area contributed by atoms with E-state index in [-0.39, 0.29) is 17.5 Å². The highest BCUT2D eigenvalue weighted by atomic mass is 16.5. The van der Waals surface area contributed by atoms with Crippen LogP contribution in [0.2, 0.25) is 0 Å². The van der Waals surface area contributed by atoms with Crippen molar-refractivity contribution in [2.45, 2.75) is 6.92 Å². The number of amides is 2. The molecule has 0 spiro atoms. The fraction of sp³-hybridized carbons (Fsp3) is 0.312. The topological polar surface area (TPSA) is 96.7 Å². The van der Waals surface area contributed by atoms with E-state index in [1.165, 1.54) is 6.92 Å². The highest BCUT2D eigenvalue weighted by Gasteiger charge is 2.19. The van der Waals surface area contributed by atoms with Gasteiger partial charge < -0.3 is 24.8 Å². The number of nitrogens with one attached hydrogen (secondary N) is 2.